The molecule has 0 fully saturated rings. The summed E-state index contributed by atoms with van der Waals surface area (Å²) in [6.45, 7) is -4.40. The number of rotatable bonds is 1. The smallest absolute Gasteiger partial charge is 0.493 e. The summed E-state index contributed by atoms with van der Waals surface area (Å²) in [6.07, 6.45) is 1.13. The van der Waals surface area contributed by atoms with Gasteiger partial charge in [0.15, 0.2) is 0 Å². The van der Waals surface area contributed by atoms with Gasteiger partial charge in [-0.25, -0.2) is 0 Å². The number of halogens is 3. The molecule has 1 aromatic carbocycles. The summed E-state index contributed by atoms with van der Waals surface area (Å²) in [6, 6.07) is 4.13. The van der Waals surface area contributed by atoms with Gasteiger partial charge in [-0.1, -0.05) is 12.1 Å². The molecule has 0 aromatic heterocycles. The normalized spacial score (nSPS) is 14.9. The topological polar surface area (TPSA) is 9.23 Å². The Labute approximate surface area is 129 Å². The SMILES string of the molecule is F[B-](F)(F)c1cccc2c1CCCO2.[K+]. The van der Waals surface area contributed by atoms with Crippen LogP contribution in [0, 0.1) is 0 Å². The maximum absolute atomic E-state index is 12.6. The van der Waals surface area contributed by atoms with Crippen molar-refractivity contribution < 1.29 is 69.1 Å². The van der Waals surface area contributed by atoms with Gasteiger partial charge in [0, 0.05) is 0 Å². The quantitative estimate of drug-likeness (QED) is 0.576. The van der Waals surface area contributed by atoms with Gasteiger partial charge in [-0.15, -0.1) is 5.46 Å². The molecule has 0 saturated carbocycles. The third kappa shape index (κ3) is 3.00. The van der Waals surface area contributed by atoms with E-state index in [0.29, 0.717) is 30.8 Å². The molecule has 0 bridgehead atoms. The number of benzene rings is 1. The van der Waals surface area contributed by atoms with E-state index in [-0.39, 0.29) is 51.4 Å². The minimum Gasteiger partial charge on any atom is -0.493 e. The van der Waals surface area contributed by atoms with Gasteiger partial charge in [-0.05, 0) is 24.5 Å². The van der Waals surface area contributed by atoms with Crippen LogP contribution in [0.3, 0.4) is 0 Å². The molecular formula is C9H9BF3KO. The van der Waals surface area contributed by atoms with E-state index in [2.05, 4.69) is 0 Å². The third-order valence-corrected chi connectivity index (χ3v) is 2.35. The number of ether oxygens (including phenoxy) is 1. The second kappa shape index (κ2) is 5.23. The Hall–Kier alpha value is 0.511. The molecule has 1 aliphatic heterocycles. The molecule has 0 radical (unpaired) electrons. The summed E-state index contributed by atoms with van der Waals surface area (Å²) in [7, 11) is 0. The summed E-state index contributed by atoms with van der Waals surface area (Å²) in [5, 5.41) is 0. The summed E-state index contributed by atoms with van der Waals surface area (Å²) >= 11 is 0. The largest absolute Gasteiger partial charge is 1.00 e. The number of hydrogen-bond acceptors (Lipinski definition) is 1. The van der Waals surface area contributed by atoms with Crippen LogP contribution in [0.1, 0.15) is 12.0 Å². The van der Waals surface area contributed by atoms with Crippen LogP contribution in [-0.4, -0.2) is 13.6 Å². The summed E-state index contributed by atoms with van der Waals surface area (Å²) < 4.78 is 42.9. The first-order chi connectivity index (χ1) is 6.59. The third-order valence-electron chi connectivity index (χ3n) is 2.35. The predicted molar refractivity (Wildman–Crippen MR) is 49.0 cm³/mol. The van der Waals surface area contributed by atoms with Crippen molar-refractivity contribution in [1.82, 2.24) is 0 Å². The molecule has 0 saturated heterocycles. The zero-order chi connectivity index (χ0) is 10.2. The molecule has 1 aromatic rings. The Morgan fingerprint density at radius 2 is 1.93 bits per heavy atom. The van der Waals surface area contributed by atoms with Crippen molar-refractivity contribution in [3.63, 3.8) is 0 Å². The first-order valence-electron chi connectivity index (χ1n) is 4.53. The second-order valence-corrected chi connectivity index (χ2v) is 3.35. The average molecular weight is 240 g/mol. The molecule has 76 valence electrons. The molecule has 0 amide bonds. The molecule has 0 atom stereocenters. The van der Waals surface area contributed by atoms with Crippen LogP contribution in [0.2, 0.25) is 0 Å². The van der Waals surface area contributed by atoms with Gasteiger partial charge in [-0.2, -0.15) is 0 Å². The molecule has 0 aliphatic carbocycles. The van der Waals surface area contributed by atoms with Crippen molar-refractivity contribution in [2.24, 2.45) is 0 Å². The molecule has 0 spiro atoms. The Bertz CT molecular complexity index is 354. The fourth-order valence-electron chi connectivity index (χ4n) is 1.72. The van der Waals surface area contributed by atoms with Crippen LogP contribution < -0.4 is 61.6 Å². The zero-order valence-electron chi connectivity index (χ0n) is 8.47. The van der Waals surface area contributed by atoms with Crippen molar-refractivity contribution in [2.75, 3.05) is 6.61 Å². The maximum atomic E-state index is 12.6. The van der Waals surface area contributed by atoms with Crippen molar-refractivity contribution in [1.29, 1.82) is 0 Å². The van der Waals surface area contributed by atoms with Gasteiger partial charge >= 0.3 is 58.4 Å². The van der Waals surface area contributed by atoms with E-state index in [1.54, 1.807) is 6.07 Å². The Morgan fingerprint density at radius 3 is 2.60 bits per heavy atom. The van der Waals surface area contributed by atoms with E-state index in [1.807, 2.05) is 0 Å². The van der Waals surface area contributed by atoms with E-state index in [1.165, 1.54) is 6.07 Å². The van der Waals surface area contributed by atoms with Crippen LogP contribution in [0.25, 0.3) is 0 Å². The summed E-state index contributed by atoms with van der Waals surface area (Å²) in [4.78, 5) is 0. The molecule has 2 rings (SSSR count). The van der Waals surface area contributed by atoms with Crippen molar-refractivity contribution in [3.8, 4) is 5.75 Å². The van der Waals surface area contributed by atoms with Crippen molar-refractivity contribution in [2.45, 2.75) is 12.8 Å². The van der Waals surface area contributed by atoms with E-state index >= 15 is 0 Å². The Kier molecular flexibility index (Phi) is 4.73. The fourth-order valence-corrected chi connectivity index (χ4v) is 1.72. The first-order valence-corrected chi connectivity index (χ1v) is 4.53. The Morgan fingerprint density at radius 1 is 1.20 bits per heavy atom. The van der Waals surface area contributed by atoms with Gasteiger partial charge in [0.1, 0.15) is 5.75 Å². The average Bonchev–Trinajstić information content (AvgIpc) is 2.15. The second-order valence-electron chi connectivity index (χ2n) is 3.35. The van der Waals surface area contributed by atoms with E-state index < -0.39 is 12.4 Å². The molecule has 6 heteroatoms. The van der Waals surface area contributed by atoms with E-state index in [4.69, 9.17) is 4.74 Å². The van der Waals surface area contributed by atoms with Crippen molar-refractivity contribution in [3.05, 3.63) is 23.8 Å². The van der Waals surface area contributed by atoms with Crippen LogP contribution in [-0.2, 0) is 6.42 Å². The summed E-state index contributed by atoms with van der Waals surface area (Å²) in [5.41, 5.74) is -0.173. The van der Waals surface area contributed by atoms with Gasteiger partial charge in [0.2, 0.25) is 0 Å². The first kappa shape index (κ1) is 13.6. The van der Waals surface area contributed by atoms with Crippen LogP contribution in [0.5, 0.6) is 5.75 Å². The fraction of sp³-hybridized carbons (Fsp3) is 0.333. The standard InChI is InChI=1S/C9H9BF3O.K/c11-10(12,13)8-4-1-5-9-7(8)3-2-6-14-9;/h1,4-5H,2-3,6H2;/q-1;+1. The van der Waals surface area contributed by atoms with Gasteiger partial charge in [0.05, 0.1) is 6.61 Å². The molecule has 1 nitrogen and oxygen atoms in total. The molecule has 0 N–H and O–H groups in total. The van der Waals surface area contributed by atoms with Crippen molar-refractivity contribution >= 4 is 12.4 Å². The molecule has 1 heterocycles. The van der Waals surface area contributed by atoms with Gasteiger partial charge in [0.25, 0.3) is 0 Å². The molecule has 0 unspecified atom stereocenters. The van der Waals surface area contributed by atoms with Crippen LogP contribution in [0.4, 0.5) is 12.9 Å². The van der Waals surface area contributed by atoms with Gasteiger partial charge < -0.3 is 17.7 Å². The minimum absolute atomic E-state index is 0. The van der Waals surface area contributed by atoms with Crippen LogP contribution in [0.15, 0.2) is 18.2 Å². The number of hydrogen-bond donors (Lipinski definition) is 0. The molecule has 15 heavy (non-hydrogen) atoms. The predicted octanol–water partition coefficient (Wildman–Crippen LogP) is -0.930. The van der Waals surface area contributed by atoms with E-state index in [0.717, 1.165) is 6.07 Å². The zero-order valence-corrected chi connectivity index (χ0v) is 11.6. The summed E-state index contributed by atoms with van der Waals surface area (Å²) in [5.74, 6) is 0.396. The van der Waals surface area contributed by atoms with Crippen LogP contribution >= 0.6 is 0 Å². The van der Waals surface area contributed by atoms with E-state index in [9.17, 15) is 12.9 Å². The Balaban J connectivity index is 0.00000112. The monoisotopic (exact) mass is 240 g/mol. The molecular weight excluding hydrogens is 231 g/mol. The minimum atomic E-state index is -4.91. The molecule has 1 aliphatic rings. The van der Waals surface area contributed by atoms with Gasteiger partial charge in [-0.3, -0.25) is 0 Å². The number of fused-ring (bicyclic) bond motifs is 1. The maximum Gasteiger partial charge on any atom is 1.00 e.